The maximum atomic E-state index is 12.9. The fourth-order valence-electron chi connectivity index (χ4n) is 5.14. The number of ether oxygens (including phenoxy) is 2. The Kier molecular flexibility index (Phi) is 15.3. The summed E-state index contributed by atoms with van der Waals surface area (Å²) in [7, 11) is 0. The third-order valence-electron chi connectivity index (χ3n) is 7.06. The highest BCUT2D eigenvalue weighted by Gasteiger charge is 2.34. The Balaban J connectivity index is 1.94. The molecule has 0 spiro atoms. The van der Waals surface area contributed by atoms with Crippen LogP contribution < -0.4 is 15.4 Å². The molecule has 1 aromatic carbocycles. The Hall–Kier alpha value is -2.08. The van der Waals surface area contributed by atoms with Crippen molar-refractivity contribution in [3.63, 3.8) is 0 Å². The molecule has 1 aliphatic heterocycles. The van der Waals surface area contributed by atoms with Gasteiger partial charge in [0.05, 0.1) is 24.8 Å². The Labute approximate surface area is 231 Å². The van der Waals surface area contributed by atoms with E-state index in [-0.39, 0.29) is 5.97 Å². The van der Waals surface area contributed by atoms with Crippen LogP contribution in [0.3, 0.4) is 0 Å². The molecule has 1 aliphatic rings. The van der Waals surface area contributed by atoms with E-state index in [4.69, 9.17) is 21.7 Å². The molecular formula is C31H50N2O3S. The molecule has 0 fully saturated rings. The molecule has 1 unspecified atom stereocenters. The zero-order valence-electron chi connectivity index (χ0n) is 23.8. The van der Waals surface area contributed by atoms with Gasteiger partial charge in [-0.2, -0.15) is 0 Å². The summed E-state index contributed by atoms with van der Waals surface area (Å²) in [5.74, 6) is 0.470. The molecule has 0 radical (unpaired) electrons. The minimum atomic E-state index is -0.396. The molecule has 0 amide bonds. The molecule has 0 bridgehead atoms. The number of rotatable bonds is 19. The summed E-state index contributed by atoms with van der Waals surface area (Å²) in [5.41, 5.74) is 3.49. The van der Waals surface area contributed by atoms with E-state index in [2.05, 4.69) is 23.6 Å². The lowest BCUT2D eigenvalue weighted by Gasteiger charge is -2.32. The van der Waals surface area contributed by atoms with Crippen LogP contribution in [0.1, 0.15) is 128 Å². The molecule has 0 saturated carbocycles. The first kappa shape index (κ1) is 31.1. The number of allylic oxidation sites excluding steroid dienone is 1. The van der Waals surface area contributed by atoms with Crippen molar-refractivity contribution in [3.8, 4) is 5.75 Å². The molecule has 1 aromatic rings. The summed E-state index contributed by atoms with van der Waals surface area (Å²) >= 11 is 5.46. The number of hydrogen-bond donors (Lipinski definition) is 2. The van der Waals surface area contributed by atoms with Crippen LogP contribution in [0.2, 0.25) is 0 Å². The number of unbranched alkanes of at least 4 members (excludes halogenated alkanes) is 12. The molecule has 5 nitrogen and oxygen atoms in total. The molecule has 2 rings (SSSR count). The van der Waals surface area contributed by atoms with Crippen LogP contribution in [0.25, 0.3) is 0 Å². The van der Waals surface area contributed by atoms with Crippen LogP contribution >= 0.6 is 12.2 Å². The predicted octanol–water partition coefficient (Wildman–Crippen LogP) is 8.07. The van der Waals surface area contributed by atoms with E-state index in [1.54, 1.807) is 0 Å². The summed E-state index contributed by atoms with van der Waals surface area (Å²) in [6, 6.07) is 5.79. The molecule has 1 heterocycles. The lowest BCUT2D eigenvalue weighted by molar-refractivity contribution is -0.139. The Morgan fingerprint density at radius 3 is 2.03 bits per heavy atom. The summed E-state index contributed by atoms with van der Waals surface area (Å²) in [6.45, 7) is 8.84. The first-order valence-corrected chi connectivity index (χ1v) is 15.1. The first-order chi connectivity index (χ1) is 18.0. The number of thiocarbonyl (C=S) groups is 1. The number of carbonyl (C=O) groups excluding carboxylic acids is 1. The van der Waals surface area contributed by atoms with E-state index in [9.17, 15) is 4.79 Å². The largest absolute Gasteiger partial charge is 0.493 e. The van der Waals surface area contributed by atoms with Crippen molar-refractivity contribution < 1.29 is 14.3 Å². The third-order valence-corrected chi connectivity index (χ3v) is 7.28. The van der Waals surface area contributed by atoms with Gasteiger partial charge in [-0.25, -0.2) is 4.79 Å². The van der Waals surface area contributed by atoms with E-state index in [1.165, 1.54) is 82.6 Å². The number of benzene rings is 1. The quantitative estimate of drug-likeness (QED) is 0.107. The monoisotopic (exact) mass is 530 g/mol. The number of aryl methyl sites for hydroxylation is 1. The predicted molar refractivity (Wildman–Crippen MR) is 158 cm³/mol. The fraction of sp³-hybridized carbons (Fsp3) is 0.677. The second-order valence-electron chi connectivity index (χ2n) is 10.0. The van der Waals surface area contributed by atoms with Gasteiger partial charge < -0.3 is 20.1 Å². The average Bonchev–Trinajstić information content (AvgIpc) is 2.86. The van der Waals surface area contributed by atoms with E-state index < -0.39 is 6.04 Å². The SMILES string of the molecule is CCCCCCCCCCCCCCCc1cccc(OCC)c1C1NC(=S)NC(C)=C1C(=O)OCC. The lowest BCUT2D eigenvalue weighted by Crippen LogP contribution is -2.45. The number of esters is 1. The number of hydrogen-bond acceptors (Lipinski definition) is 4. The van der Waals surface area contributed by atoms with Gasteiger partial charge in [0.25, 0.3) is 0 Å². The third kappa shape index (κ3) is 10.7. The minimum absolute atomic E-state index is 0.325. The highest BCUT2D eigenvalue weighted by atomic mass is 32.1. The normalized spacial score (nSPS) is 15.4. The van der Waals surface area contributed by atoms with Gasteiger partial charge in [-0.05, 0) is 57.5 Å². The summed E-state index contributed by atoms with van der Waals surface area (Å²) in [6.07, 6.45) is 18.3. The van der Waals surface area contributed by atoms with Crippen molar-refractivity contribution >= 4 is 23.3 Å². The van der Waals surface area contributed by atoms with Gasteiger partial charge in [0.15, 0.2) is 5.11 Å². The van der Waals surface area contributed by atoms with Gasteiger partial charge in [0.1, 0.15) is 5.75 Å². The van der Waals surface area contributed by atoms with Crippen molar-refractivity contribution in [2.45, 2.75) is 124 Å². The molecule has 37 heavy (non-hydrogen) atoms. The van der Waals surface area contributed by atoms with Crippen molar-refractivity contribution in [1.29, 1.82) is 0 Å². The zero-order valence-corrected chi connectivity index (χ0v) is 24.6. The van der Waals surface area contributed by atoms with Crippen molar-refractivity contribution in [2.24, 2.45) is 0 Å². The summed E-state index contributed by atoms with van der Waals surface area (Å²) in [4.78, 5) is 12.9. The van der Waals surface area contributed by atoms with E-state index in [1.807, 2.05) is 32.9 Å². The Bertz CT molecular complexity index is 868. The van der Waals surface area contributed by atoms with E-state index >= 15 is 0 Å². The van der Waals surface area contributed by atoms with E-state index in [0.29, 0.717) is 23.9 Å². The van der Waals surface area contributed by atoms with Crippen LogP contribution in [0.4, 0.5) is 0 Å². The van der Waals surface area contributed by atoms with Gasteiger partial charge in [0.2, 0.25) is 0 Å². The molecule has 0 aliphatic carbocycles. The van der Waals surface area contributed by atoms with Gasteiger partial charge in [-0.1, -0.05) is 96.1 Å². The first-order valence-electron chi connectivity index (χ1n) is 14.7. The molecule has 208 valence electrons. The molecular weight excluding hydrogens is 480 g/mol. The molecule has 0 saturated heterocycles. The highest BCUT2D eigenvalue weighted by molar-refractivity contribution is 7.80. The highest BCUT2D eigenvalue weighted by Crippen LogP contribution is 2.37. The van der Waals surface area contributed by atoms with Gasteiger partial charge in [-0.3, -0.25) is 0 Å². The van der Waals surface area contributed by atoms with Crippen LogP contribution in [0.15, 0.2) is 29.5 Å². The molecule has 1 atom stereocenters. The Morgan fingerprint density at radius 1 is 0.865 bits per heavy atom. The minimum Gasteiger partial charge on any atom is -0.493 e. The van der Waals surface area contributed by atoms with Crippen molar-refractivity contribution in [3.05, 3.63) is 40.6 Å². The van der Waals surface area contributed by atoms with Crippen LogP contribution in [0, 0.1) is 0 Å². The standard InChI is InChI=1S/C31H50N2O3S/c1-5-8-9-10-11-12-13-14-15-16-17-18-19-21-25-22-20-23-26(35-6-2)28(25)29-27(30(34)36-7-3)24(4)32-31(37)33-29/h20,22-23,29H,5-19,21H2,1-4H3,(H2,32,33,37). The second-order valence-corrected chi connectivity index (χ2v) is 10.5. The molecule has 6 heteroatoms. The zero-order chi connectivity index (χ0) is 26.9. The van der Waals surface area contributed by atoms with Crippen LogP contribution in [-0.2, 0) is 16.0 Å². The summed E-state index contributed by atoms with van der Waals surface area (Å²) < 4.78 is 11.4. The molecule has 0 aromatic heterocycles. The van der Waals surface area contributed by atoms with Crippen molar-refractivity contribution in [2.75, 3.05) is 13.2 Å². The van der Waals surface area contributed by atoms with Crippen LogP contribution in [-0.4, -0.2) is 24.3 Å². The average molecular weight is 531 g/mol. The van der Waals surface area contributed by atoms with E-state index in [0.717, 1.165) is 29.9 Å². The maximum absolute atomic E-state index is 12.9. The lowest BCUT2D eigenvalue weighted by atomic mass is 9.89. The number of carbonyl (C=O) groups is 1. The Morgan fingerprint density at radius 2 is 1.46 bits per heavy atom. The van der Waals surface area contributed by atoms with Crippen LogP contribution in [0.5, 0.6) is 5.75 Å². The topological polar surface area (TPSA) is 59.6 Å². The second kappa shape index (κ2) is 18.2. The van der Waals surface area contributed by atoms with Gasteiger partial charge in [-0.15, -0.1) is 0 Å². The van der Waals surface area contributed by atoms with Crippen molar-refractivity contribution in [1.82, 2.24) is 10.6 Å². The van der Waals surface area contributed by atoms with Gasteiger partial charge >= 0.3 is 5.97 Å². The fourth-order valence-corrected chi connectivity index (χ4v) is 5.41. The maximum Gasteiger partial charge on any atom is 0.338 e. The number of nitrogens with one attached hydrogen (secondary N) is 2. The van der Waals surface area contributed by atoms with Gasteiger partial charge in [0, 0.05) is 11.3 Å². The molecule has 2 N–H and O–H groups in total. The smallest absolute Gasteiger partial charge is 0.338 e. The summed E-state index contributed by atoms with van der Waals surface area (Å²) in [5, 5.41) is 6.92.